The lowest BCUT2D eigenvalue weighted by atomic mass is 10.1. The quantitative estimate of drug-likeness (QED) is 0.220. The van der Waals surface area contributed by atoms with Crippen LogP contribution in [0.2, 0.25) is 0 Å². The maximum Gasteiger partial charge on any atom is 0.308 e. The molecule has 1 aromatic carbocycles. The molecule has 0 bridgehead atoms. The van der Waals surface area contributed by atoms with E-state index >= 15 is 0 Å². The predicted molar refractivity (Wildman–Crippen MR) is 107 cm³/mol. The molecule has 1 saturated heterocycles. The van der Waals surface area contributed by atoms with Crippen molar-refractivity contribution in [1.82, 2.24) is 15.5 Å². The molecule has 29 heavy (non-hydrogen) atoms. The van der Waals surface area contributed by atoms with Crippen LogP contribution in [0.1, 0.15) is 36.5 Å². The number of nitrogens with zero attached hydrogens (tertiary/aromatic N) is 2. The molecule has 0 saturated carbocycles. The van der Waals surface area contributed by atoms with Crippen LogP contribution in [0.5, 0.6) is 0 Å². The number of rotatable bonds is 7. The van der Waals surface area contributed by atoms with Crippen molar-refractivity contribution in [2.75, 3.05) is 19.7 Å². The van der Waals surface area contributed by atoms with Gasteiger partial charge in [-0.1, -0.05) is 19.4 Å². The van der Waals surface area contributed by atoms with E-state index in [4.69, 9.17) is 17.0 Å². The predicted octanol–water partition coefficient (Wildman–Crippen LogP) is 1.14. The minimum Gasteiger partial charge on any atom is -0.466 e. The second-order valence-electron chi connectivity index (χ2n) is 6.35. The van der Waals surface area contributed by atoms with Gasteiger partial charge in [-0.2, -0.15) is 0 Å². The number of carbonyl (C=O) groups excluding carboxylic acids is 3. The summed E-state index contributed by atoms with van der Waals surface area (Å²) in [6, 6.07) is 4.29. The Kier molecular flexibility index (Phi) is 8.01. The van der Waals surface area contributed by atoms with Crippen molar-refractivity contribution >= 4 is 40.8 Å². The summed E-state index contributed by atoms with van der Waals surface area (Å²) in [6.45, 7) is 2.84. The van der Waals surface area contributed by atoms with Crippen molar-refractivity contribution in [2.24, 2.45) is 0 Å². The number of amides is 2. The average Bonchev–Trinajstić information content (AvgIpc) is 2.69. The van der Waals surface area contributed by atoms with Crippen molar-refractivity contribution in [2.45, 2.75) is 32.2 Å². The van der Waals surface area contributed by atoms with E-state index in [2.05, 4.69) is 10.6 Å². The van der Waals surface area contributed by atoms with Gasteiger partial charge in [0.1, 0.15) is 6.04 Å². The normalized spacial score (nSPS) is 16.0. The average molecular weight is 422 g/mol. The summed E-state index contributed by atoms with van der Waals surface area (Å²) in [5.74, 6) is -1.57. The zero-order chi connectivity index (χ0) is 21.4. The van der Waals surface area contributed by atoms with Crippen LogP contribution in [0, 0.1) is 10.1 Å². The van der Waals surface area contributed by atoms with Gasteiger partial charge < -0.3 is 15.0 Å². The van der Waals surface area contributed by atoms with Crippen LogP contribution in [0.3, 0.4) is 0 Å². The van der Waals surface area contributed by atoms with Gasteiger partial charge in [-0.05, 0) is 24.7 Å². The molecular formula is C18H22N4O6S. The lowest BCUT2D eigenvalue weighted by molar-refractivity contribution is -0.384. The molecule has 1 unspecified atom stereocenters. The summed E-state index contributed by atoms with van der Waals surface area (Å²) in [5, 5.41) is 16.0. The van der Waals surface area contributed by atoms with E-state index in [1.165, 1.54) is 23.1 Å². The Labute approximate surface area is 172 Å². The fourth-order valence-corrected chi connectivity index (χ4v) is 3.02. The Balaban J connectivity index is 2.05. The molecule has 0 spiro atoms. The van der Waals surface area contributed by atoms with Crippen LogP contribution < -0.4 is 10.6 Å². The van der Waals surface area contributed by atoms with Gasteiger partial charge in [0.15, 0.2) is 5.11 Å². The van der Waals surface area contributed by atoms with Crippen LogP contribution in [0.25, 0.3) is 0 Å². The number of unbranched alkanes of at least 4 members (excludes halogenated alkanes) is 1. The van der Waals surface area contributed by atoms with Gasteiger partial charge in [0, 0.05) is 30.8 Å². The van der Waals surface area contributed by atoms with Crippen molar-refractivity contribution in [3.05, 3.63) is 39.9 Å². The van der Waals surface area contributed by atoms with Crippen LogP contribution in [0.4, 0.5) is 5.69 Å². The molecule has 0 aliphatic carbocycles. The minimum atomic E-state index is -0.907. The van der Waals surface area contributed by atoms with Gasteiger partial charge >= 0.3 is 5.97 Å². The van der Waals surface area contributed by atoms with E-state index in [1.807, 2.05) is 6.92 Å². The highest BCUT2D eigenvalue weighted by Crippen LogP contribution is 2.14. The fourth-order valence-electron chi connectivity index (χ4n) is 2.71. The summed E-state index contributed by atoms with van der Waals surface area (Å²) >= 11 is 5.25. The summed E-state index contributed by atoms with van der Waals surface area (Å²) in [4.78, 5) is 48.4. The molecule has 2 rings (SSSR count). The number of non-ortho nitro benzene ring substituents is 1. The molecule has 1 aliphatic heterocycles. The summed E-state index contributed by atoms with van der Waals surface area (Å²) in [6.07, 6.45) is 1.39. The maximum absolute atomic E-state index is 12.4. The molecule has 1 aliphatic rings. The third kappa shape index (κ3) is 6.21. The first kappa shape index (κ1) is 22.2. The number of esters is 1. The molecule has 0 radical (unpaired) electrons. The first-order valence-corrected chi connectivity index (χ1v) is 9.54. The first-order valence-electron chi connectivity index (χ1n) is 9.13. The van der Waals surface area contributed by atoms with Crippen LogP contribution in [-0.2, 0) is 14.3 Å². The van der Waals surface area contributed by atoms with Crippen LogP contribution in [0.15, 0.2) is 24.3 Å². The Morgan fingerprint density at radius 2 is 2.21 bits per heavy atom. The van der Waals surface area contributed by atoms with Crippen LogP contribution in [-0.4, -0.2) is 58.5 Å². The number of carbonyl (C=O) groups is 3. The SMILES string of the molecule is CCCCOC(=O)CC1C(=O)NCCN1C(=S)NC(=O)c1cccc([N+](=O)[O-])c1. The van der Waals surface area contributed by atoms with E-state index in [0.717, 1.165) is 18.9 Å². The molecule has 2 amide bonds. The van der Waals surface area contributed by atoms with Gasteiger partial charge in [-0.25, -0.2) is 0 Å². The fraction of sp³-hybridized carbons (Fsp3) is 0.444. The van der Waals surface area contributed by atoms with Crippen molar-refractivity contribution in [3.63, 3.8) is 0 Å². The Bertz CT molecular complexity index is 815. The number of hydrogen-bond acceptors (Lipinski definition) is 7. The van der Waals surface area contributed by atoms with E-state index in [0.29, 0.717) is 13.1 Å². The van der Waals surface area contributed by atoms with Gasteiger partial charge in [0.2, 0.25) is 5.91 Å². The molecule has 0 aromatic heterocycles. The lowest BCUT2D eigenvalue weighted by Gasteiger charge is -2.36. The number of piperazine rings is 1. The van der Waals surface area contributed by atoms with Crippen molar-refractivity contribution in [3.8, 4) is 0 Å². The van der Waals surface area contributed by atoms with Gasteiger partial charge in [0.05, 0.1) is 18.0 Å². The van der Waals surface area contributed by atoms with E-state index in [1.54, 1.807) is 0 Å². The number of nitrogens with one attached hydrogen (secondary N) is 2. The highest BCUT2D eigenvalue weighted by molar-refractivity contribution is 7.80. The largest absolute Gasteiger partial charge is 0.466 e. The molecule has 1 fully saturated rings. The number of hydrogen-bond donors (Lipinski definition) is 2. The maximum atomic E-state index is 12.4. The molecule has 10 nitrogen and oxygen atoms in total. The number of ether oxygens (including phenoxy) is 1. The first-order chi connectivity index (χ1) is 13.8. The molecule has 1 aromatic rings. The van der Waals surface area contributed by atoms with E-state index in [-0.39, 0.29) is 29.4 Å². The Morgan fingerprint density at radius 3 is 2.90 bits per heavy atom. The van der Waals surface area contributed by atoms with E-state index in [9.17, 15) is 24.5 Å². The van der Waals surface area contributed by atoms with Gasteiger partial charge in [0.25, 0.3) is 11.6 Å². The lowest BCUT2D eigenvalue weighted by Crippen LogP contribution is -2.60. The number of thiocarbonyl (C=S) groups is 1. The Morgan fingerprint density at radius 1 is 1.45 bits per heavy atom. The third-order valence-corrected chi connectivity index (χ3v) is 4.59. The monoisotopic (exact) mass is 422 g/mol. The molecule has 2 N–H and O–H groups in total. The molecule has 1 heterocycles. The third-order valence-electron chi connectivity index (χ3n) is 4.25. The molecule has 156 valence electrons. The van der Waals surface area contributed by atoms with Gasteiger partial charge in [-0.3, -0.25) is 29.8 Å². The number of nitro benzene ring substituents is 1. The summed E-state index contributed by atoms with van der Waals surface area (Å²) in [5.41, 5.74) is -0.174. The number of benzene rings is 1. The van der Waals surface area contributed by atoms with Crippen molar-refractivity contribution < 1.29 is 24.0 Å². The molecular weight excluding hydrogens is 400 g/mol. The van der Waals surface area contributed by atoms with E-state index < -0.39 is 28.7 Å². The molecule has 11 heteroatoms. The Hall–Kier alpha value is -3.08. The standard InChI is InChI=1S/C18H22N4O6S/c1-2-3-9-28-15(23)11-14-17(25)19-7-8-21(14)18(29)20-16(24)12-5-4-6-13(10-12)22(26)27/h4-6,10,14H,2-3,7-9,11H2,1H3,(H,19,25)(H,20,24,29). The second kappa shape index (κ2) is 10.5. The topological polar surface area (TPSA) is 131 Å². The number of nitro groups is 1. The zero-order valence-electron chi connectivity index (χ0n) is 15.9. The van der Waals surface area contributed by atoms with Gasteiger partial charge in [-0.15, -0.1) is 0 Å². The highest BCUT2D eigenvalue weighted by Gasteiger charge is 2.34. The van der Waals surface area contributed by atoms with Crippen LogP contribution >= 0.6 is 12.2 Å². The van der Waals surface area contributed by atoms with Crippen molar-refractivity contribution in [1.29, 1.82) is 0 Å². The summed E-state index contributed by atoms with van der Waals surface area (Å²) in [7, 11) is 0. The minimum absolute atomic E-state index is 0.0392. The zero-order valence-corrected chi connectivity index (χ0v) is 16.7. The summed E-state index contributed by atoms with van der Waals surface area (Å²) < 4.78 is 5.11. The smallest absolute Gasteiger partial charge is 0.308 e. The molecule has 1 atom stereocenters. The second-order valence-corrected chi connectivity index (χ2v) is 6.73. The highest BCUT2D eigenvalue weighted by atomic mass is 32.1.